The zero-order valence-corrected chi connectivity index (χ0v) is 14.9. The Morgan fingerprint density at radius 3 is 2.65 bits per heavy atom. The number of rotatable bonds is 3. The van der Waals surface area contributed by atoms with Gasteiger partial charge in [-0.15, -0.1) is 0 Å². The first kappa shape index (κ1) is 15.6. The monoisotopic (exact) mass is 341 g/mol. The number of aromatic amines is 1. The van der Waals surface area contributed by atoms with E-state index in [1.807, 2.05) is 12.4 Å². The summed E-state index contributed by atoms with van der Waals surface area (Å²) in [5, 5.41) is 0. The molecule has 1 aromatic carbocycles. The highest BCUT2D eigenvalue weighted by atomic mass is 15.2. The van der Waals surface area contributed by atoms with Crippen molar-refractivity contribution in [2.24, 2.45) is 0 Å². The molecule has 0 spiro atoms. The molecule has 1 fully saturated rings. The lowest BCUT2D eigenvalue weighted by Gasteiger charge is -2.28. The summed E-state index contributed by atoms with van der Waals surface area (Å²) in [5.41, 5.74) is 7.78. The molecule has 2 aliphatic rings. The maximum atomic E-state index is 4.21. The van der Waals surface area contributed by atoms with Crippen LogP contribution in [0.4, 0.5) is 0 Å². The van der Waals surface area contributed by atoms with Gasteiger partial charge in [-0.2, -0.15) is 0 Å². The fraction of sp³-hybridized carbons (Fsp3) is 0.261. The molecular formula is C23H23N3. The van der Waals surface area contributed by atoms with Gasteiger partial charge in [0.25, 0.3) is 0 Å². The van der Waals surface area contributed by atoms with Crippen LogP contribution in [-0.4, -0.2) is 34.0 Å². The zero-order chi connectivity index (χ0) is 17.3. The number of benzene rings is 1. The minimum absolute atomic E-state index is 0.624. The van der Waals surface area contributed by atoms with Crippen molar-refractivity contribution >= 4 is 5.57 Å². The van der Waals surface area contributed by atoms with Crippen molar-refractivity contribution in [3.63, 3.8) is 0 Å². The second-order valence-corrected chi connectivity index (χ2v) is 7.24. The first-order valence-corrected chi connectivity index (χ1v) is 9.52. The molecule has 1 unspecified atom stereocenters. The van der Waals surface area contributed by atoms with Crippen LogP contribution in [0, 0.1) is 0 Å². The molecule has 3 heteroatoms. The summed E-state index contributed by atoms with van der Waals surface area (Å²) in [6.07, 6.45) is 12.2. The van der Waals surface area contributed by atoms with E-state index in [4.69, 9.17) is 0 Å². The number of aromatic nitrogens is 2. The van der Waals surface area contributed by atoms with Crippen molar-refractivity contribution in [2.45, 2.75) is 25.3 Å². The number of nitrogens with one attached hydrogen (secondary N) is 1. The lowest BCUT2D eigenvalue weighted by atomic mass is 9.90. The summed E-state index contributed by atoms with van der Waals surface area (Å²) in [6, 6.07) is 15.5. The molecule has 2 aromatic heterocycles. The standard InChI is InChI=1S/C23H23N3/c1-2-5-18(6-3-1)23-22(17-8-11-24-12-9-17)21(16-25-23)19-10-14-26-13-4-7-20(26)15-19/h1-3,5-6,8-9,11-12,15-16,20,25H,4,7,10,13-14H2. The number of hydrogen-bond acceptors (Lipinski definition) is 2. The van der Waals surface area contributed by atoms with Crippen LogP contribution in [0.2, 0.25) is 0 Å². The average Bonchev–Trinajstić information content (AvgIpc) is 3.35. The summed E-state index contributed by atoms with van der Waals surface area (Å²) in [4.78, 5) is 10.4. The lowest BCUT2D eigenvalue weighted by molar-refractivity contribution is 0.288. The van der Waals surface area contributed by atoms with E-state index in [9.17, 15) is 0 Å². The van der Waals surface area contributed by atoms with E-state index in [0.717, 1.165) is 6.42 Å². The van der Waals surface area contributed by atoms with E-state index >= 15 is 0 Å². The van der Waals surface area contributed by atoms with Gasteiger partial charge in [0, 0.05) is 42.3 Å². The largest absolute Gasteiger partial charge is 0.360 e. The third kappa shape index (κ3) is 2.69. The first-order chi connectivity index (χ1) is 12.9. The maximum absolute atomic E-state index is 4.21. The van der Waals surface area contributed by atoms with Gasteiger partial charge in [-0.05, 0) is 54.6 Å². The molecule has 5 rings (SSSR count). The molecule has 1 saturated heterocycles. The van der Waals surface area contributed by atoms with Crippen molar-refractivity contribution in [3.8, 4) is 22.4 Å². The van der Waals surface area contributed by atoms with Crippen LogP contribution in [0.25, 0.3) is 28.0 Å². The molecule has 1 N–H and O–H groups in total. The molecule has 3 aromatic rings. The van der Waals surface area contributed by atoms with Crippen molar-refractivity contribution in [2.75, 3.05) is 13.1 Å². The summed E-state index contributed by atoms with van der Waals surface area (Å²) in [7, 11) is 0. The predicted molar refractivity (Wildman–Crippen MR) is 107 cm³/mol. The van der Waals surface area contributed by atoms with Crippen LogP contribution in [0.5, 0.6) is 0 Å². The second kappa shape index (κ2) is 6.58. The first-order valence-electron chi connectivity index (χ1n) is 9.52. The van der Waals surface area contributed by atoms with Crippen LogP contribution in [0.1, 0.15) is 24.8 Å². The minimum atomic E-state index is 0.624. The molecule has 4 heterocycles. The van der Waals surface area contributed by atoms with Crippen molar-refractivity contribution in [3.05, 3.63) is 72.7 Å². The van der Waals surface area contributed by atoms with E-state index in [2.05, 4.69) is 69.6 Å². The molecule has 0 saturated carbocycles. The molecule has 3 nitrogen and oxygen atoms in total. The summed E-state index contributed by atoms with van der Waals surface area (Å²) >= 11 is 0. The normalized spacial score (nSPS) is 20.0. The minimum Gasteiger partial charge on any atom is -0.360 e. The Morgan fingerprint density at radius 1 is 0.962 bits per heavy atom. The Bertz CT molecular complexity index is 925. The molecule has 0 amide bonds. The zero-order valence-electron chi connectivity index (χ0n) is 14.9. The highest BCUT2D eigenvalue weighted by molar-refractivity contribution is 5.91. The fourth-order valence-corrected chi connectivity index (χ4v) is 4.45. The molecule has 0 bridgehead atoms. The van der Waals surface area contributed by atoms with Crippen molar-refractivity contribution in [1.29, 1.82) is 0 Å². The Balaban J connectivity index is 1.66. The summed E-state index contributed by atoms with van der Waals surface area (Å²) in [5.74, 6) is 0. The predicted octanol–water partition coefficient (Wildman–Crippen LogP) is 5.00. The number of fused-ring (bicyclic) bond motifs is 1. The van der Waals surface area contributed by atoms with E-state index in [1.165, 1.54) is 59.5 Å². The molecule has 130 valence electrons. The smallest absolute Gasteiger partial charge is 0.0539 e. The lowest BCUT2D eigenvalue weighted by Crippen LogP contribution is -2.32. The molecular weight excluding hydrogens is 318 g/mol. The van der Waals surface area contributed by atoms with Gasteiger partial charge >= 0.3 is 0 Å². The molecule has 0 radical (unpaired) electrons. The van der Waals surface area contributed by atoms with Gasteiger partial charge in [-0.1, -0.05) is 36.4 Å². The Kier molecular flexibility index (Phi) is 3.95. The Hall–Kier alpha value is -2.65. The topological polar surface area (TPSA) is 31.9 Å². The van der Waals surface area contributed by atoms with E-state index in [-0.39, 0.29) is 0 Å². The van der Waals surface area contributed by atoms with Crippen LogP contribution in [0.3, 0.4) is 0 Å². The van der Waals surface area contributed by atoms with Gasteiger partial charge in [0.2, 0.25) is 0 Å². The molecule has 26 heavy (non-hydrogen) atoms. The molecule has 2 aliphatic heterocycles. The fourth-order valence-electron chi connectivity index (χ4n) is 4.45. The molecule has 1 atom stereocenters. The van der Waals surface area contributed by atoms with E-state index < -0.39 is 0 Å². The van der Waals surface area contributed by atoms with Crippen LogP contribution in [0.15, 0.2) is 67.1 Å². The van der Waals surface area contributed by atoms with Crippen molar-refractivity contribution in [1.82, 2.24) is 14.9 Å². The van der Waals surface area contributed by atoms with Gasteiger partial charge in [-0.3, -0.25) is 9.88 Å². The number of pyridine rings is 1. The number of hydrogen-bond donors (Lipinski definition) is 1. The van der Waals surface area contributed by atoms with Gasteiger partial charge < -0.3 is 4.98 Å². The molecule has 0 aliphatic carbocycles. The number of H-pyrrole nitrogens is 1. The Labute approximate surface area is 154 Å². The van der Waals surface area contributed by atoms with Crippen LogP contribution in [-0.2, 0) is 0 Å². The summed E-state index contributed by atoms with van der Waals surface area (Å²) < 4.78 is 0. The SMILES string of the molecule is C1=C(c2c[nH]c(-c3ccccc3)c2-c2ccncc2)CCN2CCCC12. The van der Waals surface area contributed by atoms with Crippen LogP contribution >= 0.6 is 0 Å². The van der Waals surface area contributed by atoms with Gasteiger partial charge in [0.15, 0.2) is 0 Å². The van der Waals surface area contributed by atoms with Gasteiger partial charge in [0.05, 0.1) is 5.69 Å². The van der Waals surface area contributed by atoms with E-state index in [0.29, 0.717) is 6.04 Å². The van der Waals surface area contributed by atoms with Crippen molar-refractivity contribution < 1.29 is 0 Å². The third-order valence-corrected chi connectivity index (χ3v) is 5.73. The number of nitrogens with zero attached hydrogens (tertiary/aromatic N) is 2. The van der Waals surface area contributed by atoms with Gasteiger partial charge in [-0.25, -0.2) is 0 Å². The highest BCUT2D eigenvalue weighted by Crippen LogP contribution is 2.40. The maximum Gasteiger partial charge on any atom is 0.0539 e. The van der Waals surface area contributed by atoms with Gasteiger partial charge in [0.1, 0.15) is 0 Å². The quantitative estimate of drug-likeness (QED) is 0.727. The summed E-state index contributed by atoms with van der Waals surface area (Å²) in [6.45, 7) is 2.44. The van der Waals surface area contributed by atoms with E-state index in [1.54, 1.807) is 0 Å². The Morgan fingerprint density at radius 2 is 1.81 bits per heavy atom. The second-order valence-electron chi connectivity index (χ2n) is 7.24. The third-order valence-electron chi connectivity index (χ3n) is 5.73. The average molecular weight is 341 g/mol. The highest BCUT2D eigenvalue weighted by Gasteiger charge is 2.28. The van der Waals surface area contributed by atoms with Crippen LogP contribution < -0.4 is 0 Å².